The number of amidine groups is 1. The van der Waals surface area contributed by atoms with E-state index < -0.39 is 0 Å². The number of hydrogen-bond acceptors (Lipinski definition) is 3. The second-order valence-electron chi connectivity index (χ2n) is 4.62. The molecule has 0 spiro atoms. The van der Waals surface area contributed by atoms with E-state index in [0.29, 0.717) is 0 Å². The fourth-order valence-corrected chi connectivity index (χ4v) is 3.68. The van der Waals surface area contributed by atoms with Gasteiger partial charge in [0.25, 0.3) is 0 Å². The van der Waals surface area contributed by atoms with Crippen LogP contribution in [0.3, 0.4) is 0 Å². The van der Waals surface area contributed by atoms with E-state index in [1.165, 1.54) is 18.4 Å². The van der Waals surface area contributed by atoms with Crippen molar-refractivity contribution < 1.29 is 0 Å². The summed E-state index contributed by atoms with van der Waals surface area (Å²) in [7, 11) is 0. The van der Waals surface area contributed by atoms with Crippen LogP contribution in [0.5, 0.6) is 0 Å². The van der Waals surface area contributed by atoms with Crippen molar-refractivity contribution in [3.8, 4) is 0 Å². The molecule has 1 aliphatic heterocycles. The second kappa shape index (κ2) is 5.02. The summed E-state index contributed by atoms with van der Waals surface area (Å²) in [6.45, 7) is 1.87. The van der Waals surface area contributed by atoms with E-state index in [1.807, 2.05) is 11.8 Å². The summed E-state index contributed by atoms with van der Waals surface area (Å²) in [6.07, 6.45) is 2.82. The van der Waals surface area contributed by atoms with Gasteiger partial charge in [0.2, 0.25) is 0 Å². The van der Waals surface area contributed by atoms with Gasteiger partial charge in [-0.2, -0.15) is 0 Å². The molecule has 1 aromatic carbocycles. The van der Waals surface area contributed by atoms with Crippen molar-refractivity contribution in [1.29, 1.82) is 0 Å². The van der Waals surface area contributed by atoms with Gasteiger partial charge in [0.05, 0.1) is 6.54 Å². The SMILES string of the molecule is Brc1cccc(CNC2=NCC(C3CC3)S2)c1. The molecule has 1 aromatic rings. The Morgan fingerprint density at radius 3 is 3.06 bits per heavy atom. The van der Waals surface area contributed by atoms with Crippen LogP contribution in [0, 0.1) is 5.92 Å². The molecule has 1 N–H and O–H groups in total. The summed E-state index contributed by atoms with van der Waals surface area (Å²) in [5.41, 5.74) is 1.29. The Morgan fingerprint density at radius 2 is 2.29 bits per heavy atom. The topological polar surface area (TPSA) is 24.4 Å². The van der Waals surface area contributed by atoms with E-state index in [2.05, 4.69) is 50.5 Å². The minimum absolute atomic E-state index is 0.750. The summed E-state index contributed by atoms with van der Waals surface area (Å²) in [5, 5.41) is 5.31. The lowest BCUT2D eigenvalue weighted by atomic mass is 10.2. The van der Waals surface area contributed by atoms with E-state index >= 15 is 0 Å². The van der Waals surface area contributed by atoms with Crippen molar-refractivity contribution in [2.24, 2.45) is 10.9 Å². The van der Waals surface area contributed by atoms with Crippen LogP contribution in [0.15, 0.2) is 33.7 Å². The molecule has 3 rings (SSSR count). The molecule has 1 heterocycles. The van der Waals surface area contributed by atoms with E-state index in [0.717, 1.165) is 33.9 Å². The van der Waals surface area contributed by atoms with E-state index in [-0.39, 0.29) is 0 Å². The standard InChI is InChI=1S/C13H15BrN2S/c14-11-3-1-2-9(6-11)7-15-13-16-8-12(17-13)10-4-5-10/h1-3,6,10,12H,4-5,7-8H2,(H,15,16). The molecule has 4 heteroatoms. The first-order chi connectivity index (χ1) is 8.31. The molecule has 17 heavy (non-hydrogen) atoms. The van der Waals surface area contributed by atoms with Gasteiger partial charge in [-0.25, -0.2) is 0 Å². The average Bonchev–Trinajstić information content (AvgIpc) is 3.07. The number of nitrogens with one attached hydrogen (secondary N) is 1. The van der Waals surface area contributed by atoms with Gasteiger partial charge in [-0.3, -0.25) is 4.99 Å². The molecule has 90 valence electrons. The van der Waals surface area contributed by atoms with Crippen molar-refractivity contribution in [3.63, 3.8) is 0 Å². The van der Waals surface area contributed by atoms with Crippen molar-refractivity contribution in [2.45, 2.75) is 24.6 Å². The Labute approximate surface area is 114 Å². The van der Waals surface area contributed by atoms with Crippen molar-refractivity contribution in [1.82, 2.24) is 5.32 Å². The molecule has 1 fully saturated rings. The number of halogens is 1. The molecule has 0 amide bonds. The zero-order chi connectivity index (χ0) is 11.7. The minimum atomic E-state index is 0.750. The lowest BCUT2D eigenvalue weighted by Crippen LogP contribution is -2.19. The van der Waals surface area contributed by atoms with Crippen molar-refractivity contribution >= 4 is 32.9 Å². The van der Waals surface area contributed by atoms with Gasteiger partial charge >= 0.3 is 0 Å². The zero-order valence-electron chi connectivity index (χ0n) is 9.53. The number of thioether (sulfide) groups is 1. The van der Waals surface area contributed by atoms with Crippen LogP contribution in [-0.2, 0) is 6.54 Å². The van der Waals surface area contributed by atoms with Crippen LogP contribution < -0.4 is 5.32 Å². The molecule has 0 bridgehead atoms. The van der Waals surface area contributed by atoms with Gasteiger partial charge in [0.1, 0.15) is 0 Å². The van der Waals surface area contributed by atoms with Gasteiger partial charge in [0, 0.05) is 16.3 Å². The normalized spacial score (nSPS) is 23.6. The smallest absolute Gasteiger partial charge is 0.157 e. The number of nitrogens with zero attached hydrogens (tertiary/aromatic N) is 1. The summed E-state index contributed by atoms with van der Waals surface area (Å²) >= 11 is 5.42. The maximum atomic E-state index is 4.57. The lowest BCUT2D eigenvalue weighted by molar-refractivity contribution is 0.772. The molecular weight excluding hydrogens is 296 g/mol. The maximum Gasteiger partial charge on any atom is 0.157 e. The number of rotatable bonds is 3. The van der Waals surface area contributed by atoms with Crippen LogP contribution in [0.4, 0.5) is 0 Å². The fraction of sp³-hybridized carbons (Fsp3) is 0.462. The summed E-state index contributed by atoms with van der Waals surface area (Å²) in [5.74, 6) is 0.939. The van der Waals surface area contributed by atoms with Gasteiger partial charge in [-0.1, -0.05) is 39.8 Å². The molecule has 2 aliphatic rings. The monoisotopic (exact) mass is 310 g/mol. The molecule has 0 aromatic heterocycles. The fourth-order valence-electron chi connectivity index (χ4n) is 2.03. The van der Waals surface area contributed by atoms with Crippen LogP contribution in [0.1, 0.15) is 18.4 Å². The second-order valence-corrected chi connectivity index (χ2v) is 6.77. The number of aliphatic imine (C=N–C) groups is 1. The van der Waals surface area contributed by atoms with Gasteiger partial charge in [0.15, 0.2) is 5.17 Å². The van der Waals surface area contributed by atoms with E-state index in [4.69, 9.17) is 0 Å². The van der Waals surface area contributed by atoms with E-state index in [1.54, 1.807) is 0 Å². The molecular formula is C13H15BrN2S. The zero-order valence-corrected chi connectivity index (χ0v) is 11.9. The molecule has 0 saturated heterocycles. The van der Waals surface area contributed by atoms with Gasteiger partial charge < -0.3 is 5.32 Å². The first-order valence-electron chi connectivity index (χ1n) is 6.01. The first-order valence-corrected chi connectivity index (χ1v) is 7.68. The largest absolute Gasteiger partial charge is 0.361 e. The minimum Gasteiger partial charge on any atom is -0.361 e. The molecule has 2 nitrogen and oxygen atoms in total. The van der Waals surface area contributed by atoms with Gasteiger partial charge in [-0.05, 0) is 36.5 Å². The molecule has 1 aliphatic carbocycles. The average molecular weight is 311 g/mol. The summed E-state index contributed by atoms with van der Waals surface area (Å²) in [6, 6.07) is 8.40. The predicted octanol–water partition coefficient (Wildman–Crippen LogP) is 3.42. The Hall–Kier alpha value is -0.480. The number of hydrogen-bond donors (Lipinski definition) is 1. The Morgan fingerprint density at radius 1 is 1.41 bits per heavy atom. The van der Waals surface area contributed by atoms with Crippen LogP contribution in [0.2, 0.25) is 0 Å². The van der Waals surface area contributed by atoms with Crippen molar-refractivity contribution in [2.75, 3.05) is 6.54 Å². The molecule has 1 unspecified atom stereocenters. The third kappa shape index (κ3) is 3.05. The molecule has 0 radical (unpaired) electrons. The third-order valence-electron chi connectivity index (χ3n) is 3.16. The summed E-state index contributed by atoms with van der Waals surface area (Å²) in [4.78, 5) is 4.57. The lowest BCUT2D eigenvalue weighted by Gasteiger charge is -2.08. The highest BCUT2D eigenvalue weighted by molar-refractivity contribution is 9.10. The molecule has 1 atom stereocenters. The predicted molar refractivity (Wildman–Crippen MR) is 77.4 cm³/mol. The first kappa shape index (κ1) is 11.6. The Kier molecular flexibility index (Phi) is 3.43. The maximum absolute atomic E-state index is 4.57. The van der Waals surface area contributed by atoms with Crippen molar-refractivity contribution in [3.05, 3.63) is 34.3 Å². The highest BCUT2D eigenvalue weighted by atomic mass is 79.9. The highest BCUT2D eigenvalue weighted by Gasteiger charge is 2.35. The van der Waals surface area contributed by atoms with E-state index in [9.17, 15) is 0 Å². The quantitative estimate of drug-likeness (QED) is 0.925. The third-order valence-corrected chi connectivity index (χ3v) is 4.99. The van der Waals surface area contributed by atoms with Crippen LogP contribution >= 0.6 is 27.7 Å². The van der Waals surface area contributed by atoms with Crippen LogP contribution in [0.25, 0.3) is 0 Å². The highest BCUT2D eigenvalue weighted by Crippen LogP contribution is 2.41. The van der Waals surface area contributed by atoms with Crippen LogP contribution in [-0.4, -0.2) is 17.0 Å². The van der Waals surface area contributed by atoms with Gasteiger partial charge in [-0.15, -0.1) is 0 Å². The Bertz CT molecular complexity index is 443. The molecule has 1 saturated carbocycles. The number of benzene rings is 1. The summed E-state index contributed by atoms with van der Waals surface area (Å²) < 4.78 is 1.13. The Balaban J connectivity index is 1.51.